The lowest BCUT2D eigenvalue weighted by Gasteiger charge is -2.23. The van der Waals surface area contributed by atoms with Crippen LogP contribution in [0.3, 0.4) is 0 Å². The van der Waals surface area contributed by atoms with Crippen molar-refractivity contribution >= 4 is 6.98 Å². The Morgan fingerprint density at radius 2 is 2.10 bits per heavy atom. The number of piperidine rings is 1. The van der Waals surface area contributed by atoms with Crippen molar-refractivity contribution < 1.29 is 12.9 Å². The van der Waals surface area contributed by atoms with Gasteiger partial charge in [-0.05, 0) is 24.3 Å². The zero-order valence-corrected chi connectivity index (χ0v) is 5.41. The summed E-state index contributed by atoms with van der Waals surface area (Å²) in [6.07, 6.45) is 0.378. The van der Waals surface area contributed by atoms with Crippen LogP contribution in [0.4, 0.5) is 12.9 Å². The van der Waals surface area contributed by atoms with Crippen molar-refractivity contribution in [2.24, 2.45) is 5.92 Å². The molecule has 0 aromatic rings. The predicted octanol–water partition coefficient (Wildman–Crippen LogP) is 1.20. The van der Waals surface area contributed by atoms with E-state index in [0.717, 1.165) is 0 Å². The fourth-order valence-electron chi connectivity index (χ4n) is 1.89. The van der Waals surface area contributed by atoms with Crippen LogP contribution in [-0.4, -0.2) is 20.1 Å². The van der Waals surface area contributed by atoms with Gasteiger partial charge < -0.3 is 18.3 Å². The molecule has 1 aliphatic heterocycles. The first-order chi connectivity index (χ1) is 4.56. The van der Waals surface area contributed by atoms with Crippen LogP contribution < -0.4 is 5.32 Å². The molecule has 0 unspecified atom stereocenters. The van der Waals surface area contributed by atoms with Gasteiger partial charge in [0.15, 0.2) is 0 Å². The summed E-state index contributed by atoms with van der Waals surface area (Å²) in [5.74, 6) is -0.0903. The summed E-state index contributed by atoms with van der Waals surface area (Å²) >= 11 is 0. The largest absolute Gasteiger partial charge is 0.486 e. The van der Waals surface area contributed by atoms with E-state index in [1.54, 1.807) is 0 Å². The van der Waals surface area contributed by atoms with Crippen molar-refractivity contribution in [3.63, 3.8) is 0 Å². The lowest BCUT2D eigenvalue weighted by molar-refractivity contribution is 0.424. The van der Waals surface area contributed by atoms with Gasteiger partial charge in [0.25, 0.3) is 0 Å². The minimum Gasteiger partial charge on any atom is -0.448 e. The summed E-state index contributed by atoms with van der Waals surface area (Å²) < 4.78 is 36.6. The second-order valence-electron chi connectivity index (χ2n) is 3.34. The third-order valence-electron chi connectivity index (χ3n) is 2.78. The molecule has 0 aromatic carbocycles. The molecule has 2 aliphatic rings. The van der Waals surface area contributed by atoms with Gasteiger partial charge in [0, 0.05) is 0 Å². The maximum Gasteiger partial charge on any atom is 0.486 e. The molecule has 1 heterocycles. The van der Waals surface area contributed by atoms with Crippen LogP contribution in [0.1, 0.15) is 6.42 Å². The number of nitrogens with one attached hydrogen (secondary N) is 1. The molecule has 0 radical (unpaired) electrons. The highest BCUT2D eigenvalue weighted by molar-refractivity contribution is 6.63. The van der Waals surface area contributed by atoms with E-state index in [1.165, 1.54) is 0 Å². The summed E-state index contributed by atoms with van der Waals surface area (Å²) in [5.41, 5.74) is 0. The smallest absolute Gasteiger partial charge is 0.448 e. The summed E-state index contributed by atoms with van der Waals surface area (Å²) in [4.78, 5) is 0. The van der Waals surface area contributed by atoms with Gasteiger partial charge in [0.2, 0.25) is 0 Å². The number of fused-ring (bicyclic) bond motifs is 1. The van der Waals surface area contributed by atoms with E-state index < -0.39 is 12.3 Å². The first-order valence-electron chi connectivity index (χ1n) is 3.46. The molecule has 1 aliphatic carbocycles. The molecule has 0 amide bonds. The Morgan fingerprint density at radius 1 is 1.40 bits per heavy atom. The summed E-state index contributed by atoms with van der Waals surface area (Å²) in [6.45, 7) is -3.85. The lowest BCUT2D eigenvalue weighted by Crippen LogP contribution is -2.30. The maximum absolute atomic E-state index is 12.2. The maximum atomic E-state index is 12.2. The molecule has 1 N–H and O–H groups in total. The van der Waals surface area contributed by atoms with Gasteiger partial charge in [-0.15, -0.1) is 0 Å². The zero-order chi connectivity index (χ0) is 7.41. The molecular weight excluding hydrogens is 142 g/mol. The Hall–Kier alpha value is -0.185. The van der Waals surface area contributed by atoms with E-state index in [1.807, 2.05) is 0 Å². The Morgan fingerprint density at radius 3 is 2.30 bits per heavy atom. The SMILES string of the molecule is F[B-](F)(F)[C@@]12CNC[C@@H]1C2. The van der Waals surface area contributed by atoms with Gasteiger partial charge in [-0.2, -0.15) is 0 Å². The van der Waals surface area contributed by atoms with Crippen molar-refractivity contribution in [1.82, 2.24) is 5.32 Å². The van der Waals surface area contributed by atoms with Gasteiger partial charge in [0.05, 0.1) is 0 Å². The molecule has 5 heteroatoms. The molecule has 0 spiro atoms. The molecule has 10 heavy (non-hydrogen) atoms. The Bertz CT molecular complexity index is 169. The van der Waals surface area contributed by atoms with Crippen LogP contribution >= 0.6 is 0 Å². The van der Waals surface area contributed by atoms with Crippen LogP contribution in [-0.2, 0) is 0 Å². The highest BCUT2D eigenvalue weighted by Crippen LogP contribution is 2.68. The highest BCUT2D eigenvalue weighted by Gasteiger charge is 2.66. The van der Waals surface area contributed by atoms with Gasteiger partial charge >= 0.3 is 6.98 Å². The topological polar surface area (TPSA) is 12.0 Å². The summed E-state index contributed by atoms with van der Waals surface area (Å²) in [6, 6.07) is 0. The number of rotatable bonds is 1. The van der Waals surface area contributed by atoms with Crippen molar-refractivity contribution in [2.45, 2.75) is 11.7 Å². The first kappa shape index (κ1) is 6.52. The van der Waals surface area contributed by atoms with Crippen LogP contribution in [0.2, 0.25) is 5.31 Å². The van der Waals surface area contributed by atoms with Gasteiger partial charge in [-0.1, -0.05) is 6.42 Å². The molecule has 1 saturated carbocycles. The summed E-state index contributed by atoms with van der Waals surface area (Å²) in [5, 5.41) is 1.51. The predicted molar refractivity (Wildman–Crippen MR) is 32.7 cm³/mol. The van der Waals surface area contributed by atoms with Crippen LogP contribution in [0.5, 0.6) is 0 Å². The Balaban J connectivity index is 2.18. The standard InChI is InChI=1S/C5H8BF3N/c7-6(8,9)5-1-4(5)2-10-3-5/h4,10H,1-3H2/q-1/t4-,5-/m0/s1. The van der Waals surface area contributed by atoms with E-state index >= 15 is 0 Å². The van der Waals surface area contributed by atoms with E-state index in [-0.39, 0.29) is 12.5 Å². The fraction of sp³-hybridized carbons (Fsp3) is 1.00. The summed E-state index contributed by atoms with van der Waals surface area (Å²) in [7, 11) is 0. The quantitative estimate of drug-likeness (QED) is 0.553. The van der Waals surface area contributed by atoms with Crippen molar-refractivity contribution in [2.75, 3.05) is 13.1 Å². The average molecular weight is 150 g/mol. The highest BCUT2D eigenvalue weighted by atomic mass is 19.4. The van der Waals surface area contributed by atoms with Crippen LogP contribution in [0.25, 0.3) is 0 Å². The first-order valence-corrected chi connectivity index (χ1v) is 3.46. The van der Waals surface area contributed by atoms with Gasteiger partial charge in [-0.3, -0.25) is 0 Å². The monoisotopic (exact) mass is 150 g/mol. The molecule has 2 atom stereocenters. The average Bonchev–Trinajstić information content (AvgIpc) is 2.36. The molecule has 1 nitrogen and oxygen atoms in total. The van der Waals surface area contributed by atoms with Crippen molar-refractivity contribution in [3.8, 4) is 0 Å². The normalized spacial score (nSPS) is 45.3. The molecule has 2 rings (SSSR count). The van der Waals surface area contributed by atoms with E-state index in [9.17, 15) is 12.9 Å². The number of hydrogen-bond donors (Lipinski definition) is 1. The minimum absolute atomic E-state index is 0.0903. The Labute approximate surface area is 57.0 Å². The molecule has 2 fully saturated rings. The fourth-order valence-corrected chi connectivity index (χ4v) is 1.89. The van der Waals surface area contributed by atoms with Crippen molar-refractivity contribution in [3.05, 3.63) is 0 Å². The Kier molecular flexibility index (Phi) is 0.992. The minimum atomic E-state index is -4.59. The van der Waals surface area contributed by atoms with Crippen LogP contribution in [0.15, 0.2) is 0 Å². The van der Waals surface area contributed by atoms with E-state index in [0.29, 0.717) is 13.0 Å². The molecule has 0 bridgehead atoms. The molecule has 1 saturated heterocycles. The number of halogens is 3. The molecular formula is C5H8BF3N-. The zero-order valence-electron chi connectivity index (χ0n) is 5.41. The molecule has 58 valence electrons. The second-order valence-corrected chi connectivity index (χ2v) is 3.34. The number of hydrogen-bond acceptors (Lipinski definition) is 1. The third-order valence-corrected chi connectivity index (χ3v) is 2.78. The van der Waals surface area contributed by atoms with E-state index in [4.69, 9.17) is 0 Å². The third kappa shape index (κ3) is 0.589. The van der Waals surface area contributed by atoms with Crippen molar-refractivity contribution in [1.29, 1.82) is 0 Å². The van der Waals surface area contributed by atoms with Gasteiger partial charge in [-0.25, -0.2) is 0 Å². The van der Waals surface area contributed by atoms with Gasteiger partial charge in [0.1, 0.15) is 0 Å². The van der Waals surface area contributed by atoms with E-state index in [2.05, 4.69) is 5.32 Å². The second kappa shape index (κ2) is 1.52. The van der Waals surface area contributed by atoms with Crippen LogP contribution in [0, 0.1) is 5.92 Å². The lowest BCUT2D eigenvalue weighted by atomic mass is 9.68. The molecule has 0 aromatic heterocycles.